The molecule has 1 aliphatic heterocycles. The lowest BCUT2D eigenvalue weighted by Crippen LogP contribution is -2.41. The first-order valence-electron chi connectivity index (χ1n) is 7.55. The second kappa shape index (κ2) is 7.31. The van der Waals surface area contributed by atoms with Gasteiger partial charge in [0.05, 0.1) is 18.7 Å². The maximum Gasteiger partial charge on any atom is 0.393 e. The predicted octanol–water partition coefficient (Wildman–Crippen LogP) is 3.55. The number of piperidine rings is 1. The molecule has 1 saturated heterocycles. The number of alkyl halides is 3. The van der Waals surface area contributed by atoms with E-state index in [0.29, 0.717) is 19.5 Å². The van der Waals surface area contributed by atoms with Crippen LogP contribution < -0.4 is 5.32 Å². The van der Waals surface area contributed by atoms with Gasteiger partial charge in [-0.1, -0.05) is 6.92 Å². The minimum atomic E-state index is -4.08. The van der Waals surface area contributed by atoms with E-state index in [0.717, 1.165) is 30.8 Å². The van der Waals surface area contributed by atoms with Gasteiger partial charge in [0.2, 0.25) is 0 Å². The molecule has 0 bridgehead atoms. The molecule has 1 N–H and O–H groups in total. The zero-order valence-electron chi connectivity index (χ0n) is 12.4. The second-order valence-corrected chi connectivity index (χ2v) is 5.66. The van der Waals surface area contributed by atoms with Crippen LogP contribution in [0.15, 0.2) is 16.7 Å². The number of hydrogen-bond acceptors (Lipinski definition) is 3. The molecular weight excluding hydrogens is 281 g/mol. The van der Waals surface area contributed by atoms with E-state index in [1.54, 1.807) is 6.26 Å². The molecule has 1 aromatic heterocycles. The number of likely N-dealkylation sites (tertiary alicyclic amines) is 1. The zero-order chi connectivity index (χ0) is 15.3. The molecule has 1 atom stereocenters. The van der Waals surface area contributed by atoms with Gasteiger partial charge in [-0.3, -0.25) is 4.90 Å². The van der Waals surface area contributed by atoms with Crippen LogP contribution in [0.4, 0.5) is 13.2 Å². The van der Waals surface area contributed by atoms with Crippen LogP contribution in [0, 0.1) is 5.92 Å². The molecule has 0 aliphatic carbocycles. The van der Waals surface area contributed by atoms with Gasteiger partial charge in [-0.15, -0.1) is 0 Å². The van der Waals surface area contributed by atoms with Crippen LogP contribution in [0.2, 0.25) is 0 Å². The molecule has 0 radical (unpaired) electrons. The number of furan rings is 1. The van der Waals surface area contributed by atoms with Crippen molar-refractivity contribution < 1.29 is 17.6 Å². The van der Waals surface area contributed by atoms with Gasteiger partial charge in [-0.05, 0) is 38.4 Å². The van der Waals surface area contributed by atoms with E-state index in [1.807, 2.05) is 11.0 Å². The first-order chi connectivity index (χ1) is 10.0. The van der Waals surface area contributed by atoms with Crippen LogP contribution in [0.3, 0.4) is 0 Å². The highest BCUT2D eigenvalue weighted by Crippen LogP contribution is 2.33. The fourth-order valence-corrected chi connectivity index (χ4v) is 2.75. The maximum atomic E-state index is 12.8. The third kappa shape index (κ3) is 4.74. The highest BCUT2D eigenvalue weighted by Gasteiger charge is 2.41. The summed E-state index contributed by atoms with van der Waals surface area (Å²) in [6, 6.07) is 1.86. The highest BCUT2D eigenvalue weighted by atomic mass is 19.4. The van der Waals surface area contributed by atoms with Crippen molar-refractivity contribution in [2.75, 3.05) is 19.6 Å². The molecule has 1 fully saturated rings. The average molecular weight is 304 g/mol. The Morgan fingerprint density at radius 3 is 2.95 bits per heavy atom. The van der Waals surface area contributed by atoms with Crippen LogP contribution in [-0.4, -0.2) is 30.7 Å². The number of nitrogens with zero attached hydrogens (tertiary/aromatic N) is 1. The standard InChI is InChI=1S/C15H23F3N2O/c1-2-6-19-9-14-12(5-8-21-14)10-20-7-3-4-13(11-20)15(16,17)18/h5,8,13,19H,2-4,6-7,9-11H2,1H3. The van der Waals surface area contributed by atoms with Gasteiger partial charge in [0, 0.05) is 18.7 Å². The number of hydrogen-bond donors (Lipinski definition) is 1. The molecule has 2 rings (SSSR count). The van der Waals surface area contributed by atoms with Crippen LogP contribution in [-0.2, 0) is 13.1 Å². The van der Waals surface area contributed by atoms with Crippen molar-refractivity contribution in [1.82, 2.24) is 10.2 Å². The lowest BCUT2D eigenvalue weighted by Gasteiger charge is -2.33. The van der Waals surface area contributed by atoms with Crippen molar-refractivity contribution in [3.05, 3.63) is 23.7 Å². The SMILES string of the molecule is CCCNCc1occc1CN1CCCC(C(F)(F)F)C1. The summed E-state index contributed by atoms with van der Waals surface area (Å²) in [5.74, 6) is -0.364. The van der Waals surface area contributed by atoms with Crippen molar-refractivity contribution in [3.63, 3.8) is 0 Å². The Kier molecular flexibility index (Phi) is 5.70. The van der Waals surface area contributed by atoms with Crippen molar-refractivity contribution in [1.29, 1.82) is 0 Å². The average Bonchev–Trinajstić information content (AvgIpc) is 2.86. The van der Waals surface area contributed by atoms with Gasteiger partial charge in [0.25, 0.3) is 0 Å². The molecule has 0 saturated carbocycles. The maximum absolute atomic E-state index is 12.8. The van der Waals surface area contributed by atoms with Gasteiger partial charge < -0.3 is 9.73 Å². The Hall–Kier alpha value is -1.01. The third-order valence-corrected chi connectivity index (χ3v) is 3.91. The lowest BCUT2D eigenvalue weighted by molar-refractivity contribution is -0.187. The summed E-state index contributed by atoms with van der Waals surface area (Å²) in [6.07, 6.45) is -0.582. The van der Waals surface area contributed by atoms with Gasteiger partial charge in [0.1, 0.15) is 5.76 Å². The number of halogens is 3. The molecule has 1 unspecified atom stereocenters. The zero-order valence-corrected chi connectivity index (χ0v) is 12.4. The first kappa shape index (κ1) is 16.4. The summed E-state index contributed by atoms with van der Waals surface area (Å²) in [7, 11) is 0. The minimum Gasteiger partial charge on any atom is -0.468 e. The molecule has 120 valence electrons. The van der Waals surface area contributed by atoms with Gasteiger partial charge in [0.15, 0.2) is 0 Å². The minimum absolute atomic E-state index is 0.0938. The largest absolute Gasteiger partial charge is 0.468 e. The Morgan fingerprint density at radius 1 is 1.43 bits per heavy atom. The van der Waals surface area contributed by atoms with E-state index in [4.69, 9.17) is 4.42 Å². The predicted molar refractivity (Wildman–Crippen MR) is 74.8 cm³/mol. The monoisotopic (exact) mass is 304 g/mol. The summed E-state index contributed by atoms with van der Waals surface area (Å²) in [6.45, 7) is 4.97. The van der Waals surface area contributed by atoms with E-state index >= 15 is 0 Å². The normalized spacial score (nSPS) is 20.9. The van der Waals surface area contributed by atoms with Crippen LogP contribution >= 0.6 is 0 Å². The van der Waals surface area contributed by atoms with Crippen molar-refractivity contribution in [2.45, 2.75) is 45.5 Å². The van der Waals surface area contributed by atoms with E-state index in [9.17, 15) is 13.2 Å². The van der Waals surface area contributed by atoms with E-state index in [2.05, 4.69) is 12.2 Å². The molecule has 21 heavy (non-hydrogen) atoms. The molecule has 2 heterocycles. The smallest absolute Gasteiger partial charge is 0.393 e. The lowest BCUT2D eigenvalue weighted by atomic mass is 9.97. The molecule has 1 aromatic rings. The summed E-state index contributed by atoms with van der Waals surface area (Å²) in [5.41, 5.74) is 0.987. The van der Waals surface area contributed by atoms with Crippen molar-refractivity contribution in [2.24, 2.45) is 5.92 Å². The van der Waals surface area contributed by atoms with Crippen molar-refractivity contribution in [3.8, 4) is 0 Å². The van der Waals surface area contributed by atoms with Crippen LogP contribution in [0.1, 0.15) is 37.5 Å². The second-order valence-electron chi connectivity index (χ2n) is 5.66. The number of rotatable bonds is 6. The summed E-state index contributed by atoms with van der Waals surface area (Å²) in [4.78, 5) is 1.88. The number of nitrogens with one attached hydrogen (secondary N) is 1. The third-order valence-electron chi connectivity index (χ3n) is 3.91. The molecule has 0 aromatic carbocycles. The topological polar surface area (TPSA) is 28.4 Å². The Balaban J connectivity index is 1.91. The molecule has 0 amide bonds. The fraction of sp³-hybridized carbons (Fsp3) is 0.733. The molecule has 3 nitrogen and oxygen atoms in total. The molecule has 0 spiro atoms. The molecular formula is C15H23F3N2O. The molecule has 6 heteroatoms. The Morgan fingerprint density at radius 2 is 2.24 bits per heavy atom. The first-order valence-corrected chi connectivity index (χ1v) is 7.55. The summed E-state index contributed by atoms with van der Waals surface area (Å²) >= 11 is 0. The Bertz CT molecular complexity index is 431. The van der Waals surface area contributed by atoms with E-state index in [1.165, 1.54) is 0 Å². The van der Waals surface area contributed by atoms with Crippen molar-refractivity contribution >= 4 is 0 Å². The summed E-state index contributed by atoms with van der Waals surface area (Å²) in [5, 5.41) is 3.26. The van der Waals surface area contributed by atoms with E-state index in [-0.39, 0.29) is 13.0 Å². The van der Waals surface area contributed by atoms with Crippen LogP contribution in [0.25, 0.3) is 0 Å². The quantitative estimate of drug-likeness (QED) is 0.815. The fourth-order valence-electron chi connectivity index (χ4n) is 2.75. The highest BCUT2D eigenvalue weighted by molar-refractivity contribution is 5.17. The van der Waals surface area contributed by atoms with Crippen LogP contribution in [0.5, 0.6) is 0 Å². The molecule has 1 aliphatic rings. The van der Waals surface area contributed by atoms with E-state index < -0.39 is 12.1 Å². The van der Waals surface area contributed by atoms with Gasteiger partial charge in [-0.25, -0.2) is 0 Å². The Labute approximate surface area is 123 Å². The van der Waals surface area contributed by atoms with Gasteiger partial charge in [-0.2, -0.15) is 13.2 Å². The van der Waals surface area contributed by atoms with Gasteiger partial charge >= 0.3 is 6.18 Å². The summed E-state index contributed by atoms with van der Waals surface area (Å²) < 4.78 is 43.9.